The van der Waals surface area contributed by atoms with Crippen LogP contribution in [0.25, 0.3) is 0 Å². The van der Waals surface area contributed by atoms with E-state index in [1.165, 1.54) is 18.4 Å². The molecule has 0 spiro atoms. The maximum absolute atomic E-state index is 13.9. The van der Waals surface area contributed by atoms with Gasteiger partial charge in [0.05, 0.1) is 0 Å². The molecule has 2 aromatic rings. The van der Waals surface area contributed by atoms with Gasteiger partial charge in [-0.1, -0.05) is 64.1 Å². The predicted octanol–water partition coefficient (Wildman–Crippen LogP) is 2.62. The Balaban J connectivity index is 0.00000127. The standard InChI is InChI=1S/C20H22FN.2C2H6.Cs/c1-14-8-11-18(13-19(14)21)20(12-16-9-10-16)22-15(2)17-6-4-3-5-7-17;2*1-2;/h3-8,11,13,15-16H,9-10,12H2,1-2H3;2*1-2H3;/q;;;+1/p+1/t15-;;;/m0.../s1. The number of nitrogens with one attached hydrogen (secondary N) is 1. The minimum absolute atomic E-state index is 0. The summed E-state index contributed by atoms with van der Waals surface area (Å²) in [6.07, 6.45) is 3.60. The first-order valence-corrected chi connectivity index (χ1v) is 10.1. The first-order valence-electron chi connectivity index (χ1n) is 10.1. The maximum atomic E-state index is 13.9. The largest absolute Gasteiger partial charge is 1.00 e. The molecule has 1 fully saturated rings. The van der Waals surface area contributed by atoms with E-state index in [0.717, 1.165) is 23.6 Å². The average molecular weight is 489 g/mol. The van der Waals surface area contributed by atoms with Crippen LogP contribution in [0.2, 0.25) is 0 Å². The molecule has 142 valence electrons. The van der Waals surface area contributed by atoms with E-state index in [1.54, 1.807) is 13.0 Å². The van der Waals surface area contributed by atoms with Crippen molar-refractivity contribution in [1.82, 2.24) is 0 Å². The topological polar surface area (TPSA) is 14.0 Å². The zero-order chi connectivity index (χ0) is 19.5. The van der Waals surface area contributed by atoms with Gasteiger partial charge in [0, 0.05) is 24.5 Å². The van der Waals surface area contributed by atoms with Gasteiger partial charge < -0.3 is 0 Å². The summed E-state index contributed by atoms with van der Waals surface area (Å²) in [5.41, 5.74) is 4.10. The molecule has 0 saturated heterocycles. The van der Waals surface area contributed by atoms with Crippen molar-refractivity contribution in [2.45, 2.75) is 66.8 Å². The van der Waals surface area contributed by atoms with Crippen molar-refractivity contribution >= 4 is 5.71 Å². The second-order valence-corrected chi connectivity index (χ2v) is 6.37. The van der Waals surface area contributed by atoms with Crippen molar-refractivity contribution in [3.05, 3.63) is 71.0 Å². The fourth-order valence-electron chi connectivity index (χ4n) is 2.74. The van der Waals surface area contributed by atoms with Crippen LogP contribution in [0.5, 0.6) is 0 Å². The second-order valence-electron chi connectivity index (χ2n) is 6.37. The van der Waals surface area contributed by atoms with Crippen LogP contribution in [0.15, 0.2) is 48.5 Å². The molecule has 0 heterocycles. The third kappa shape index (κ3) is 9.42. The number of halogens is 1. The third-order valence-electron chi connectivity index (χ3n) is 4.40. The van der Waals surface area contributed by atoms with Gasteiger partial charge in [0.2, 0.25) is 0 Å². The monoisotopic (exact) mass is 489 g/mol. The number of hydrogen-bond donors (Lipinski definition) is 1. The summed E-state index contributed by atoms with van der Waals surface area (Å²) in [7, 11) is 0. The molecule has 1 saturated carbocycles. The van der Waals surface area contributed by atoms with Crippen molar-refractivity contribution in [2.24, 2.45) is 5.92 Å². The molecule has 0 aliphatic heterocycles. The first kappa shape index (κ1) is 27.1. The van der Waals surface area contributed by atoms with Crippen molar-refractivity contribution in [3.63, 3.8) is 0 Å². The Morgan fingerprint density at radius 2 is 1.63 bits per heavy atom. The SMILES string of the molecule is CC.CC.Cc1ccc(C(CC2CC2)=[NH+][C@@H](C)c2ccccc2)cc1F.[Cs+]. The summed E-state index contributed by atoms with van der Waals surface area (Å²) < 4.78 is 13.9. The molecule has 1 nitrogen and oxygen atoms in total. The molecule has 3 heteroatoms. The molecular formula is C24H35CsFN+2. The Kier molecular flexibility index (Phi) is 15.1. The number of rotatable bonds is 5. The van der Waals surface area contributed by atoms with Crippen LogP contribution in [-0.4, -0.2) is 5.71 Å². The summed E-state index contributed by atoms with van der Waals surface area (Å²) in [5, 5.41) is 0. The molecule has 0 aromatic heterocycles. The Labute approximate surface area is 224 Å². The van der Waals surface area contributed by atoms with Gasteiger partial charge in [-0.05, 0) is 43.4 Å². The Hall–Kier alpha value is 0.0919. The number of benzene rings is 2. The predicted molar refractivity (Wildman–Crippen MR) is 111 cm³/mol. The zero-order valence-corrected chi connectivity index (χ0v) is 24.6. The molecule has 27 heavy (non-hydrogen) atoms. The van der Waals surface area contributed by atoms with E-state index in [2.05, 4.69) is 36.2 Å². The van der Waals surface area contributed by atoms with Gasteiger partial charge in [0.1, 0.15) is 5.82 Å². The van der Waals surface area contributed by atoms with Gasteiger partial charge in [-0.2, -0.15) is 0 Å². The van der Waals surface area contributed by atoms with E-state index in [0.29, 0.717) is 5.56 Å². The first-order chi connectivity index (χ1) is 12.6. The second kappa shape index (κ2) is 15.0. The van der Waals surface area contributed by atoms with Crippen LogP contribution >= 0.6 is 0 Å². The molecule has 2 aromatic carbocycles. The quantitative estimate of drug-likeness (QED) is 0.621. The van der Waals surface area contributed by atoms with Gasteiger partial charge in [0.25, 0.3) is 0 Å². The van der Waals surface area contributed by atoms with E-state index in [4.69, 9.17) is 0 Å². The van der Waals surface area contributed by atoms with Gasteiger partial charge in [-0.15, -0.1) is 0 Å². The molecule has 0 unspecified atom stereocenters. The smallest absolute Gasteiger partial charge is 0.238 e. The third-order valence-corrected chi connectivity index (χ3v) is 4.40. The fraction of sp³-hybridized carbons (Fsp3) is 0.458. The van der Waals surface area contributed by atoms with Gasteiger partial charge in [0.15, 0.2) is 11.8 Å². The minimum atomic E-state index is -0.125. The zero-order valence-electron chi connectivity index (χ0n) is 18.3. The fourth-order valence-corrected chi connectivity index (χ4v) is 2.74. The number of aryl methyl sites for hydroxylation is 1. The molecule has 3 rings (SSSR count). The molecule has 0 bridgehead atoms. The summed E-state index contributed by atoms with van der Waals surface area (Å²) >= 11 is 0. The van der Waals surface area contributed by atoms with Crippen LogP contribution < -0.4 is 73.9 Å². The molecule has 1 aliphatic rings. The normalized spacial score (nSPS) is 14.0. The maximum Gasteiger partial charge on any atom is 1.00 e. The molecule has 1 N–H and O–H groups in total. The van der Waals surface area contributed by atoms with Crippen LogP contribution in [0.3, 0.4) is 0 Å². The number of hydrogen-bond acceptors (Lipinski definition) is 0. The molecular weight excluding hydrogens is 454 g/mol. The Morgan fingerprint density at radius 3 is 2.15 bits per heavy atom. The van der Waals surface area contributed by atoms with Crippen LogP contribution in [0.4, 0.5) is 4.39 Å². The van der Waals surface area contributed by atoms with Crippen molar-refractivity contribution in [1.29, 1.82) is 0 Å². The summed E-state index contributed by atoms with van der Waals surface area (Å²) in [6.45, 7) is 12.0. The van der Waals surface area contributed by atoms with E-state index in [1.807, 2.05) is 45.9 Å². The minimum Gasteiger partial charge on any atom is -0.238 e. The Bertz CT molecular complexity index is 678. The van der Waals surface area contributed by atoms with Gasteiger partial charge in [-0.25, -0.2) is 9.38 Å². The molecule has 1 aliphatic carbocycles. The summed E-state index contributed by atoms with van der Waals surface area (Å²) in [5.74, 6) is 0.634. The van der Waals surface area contributed by atoms with Crippen LogP contribution in [-0.2, 0) is 0 Å². The van der Waals surface area contributed by atoms with E-state index < -0.39 is 0 Å². The summed E-state index contributed by atoms with van der Waals surface area (Å²) in [4.78, 5) is 3.62. The summed E-state index contributed by atoms with van der Waals surface area (Å²) in [6, 6.07) is 16.2. The van der Waals surface area contributed by atoms with Crippen molar-refractivity contribution < 1.29 is 78.3 Å². The molecule has 0 amide bonds. The van der Waals surface area contributed by atoms with Gasteiger partial charge in [-0.3, -0.25) is 0 Å². The molecule has 0 radical (unpaired) electrons. The molecule has 1 atom stereocenters. The van der Waals surface area contributed by atoms with E-state index in [-0.39, 0.29) is 80.8 Å². The van der Waals surface area contributed by atoms with Crippen molar-refractivity contribution in [3.8, 4) is 0 Å². The average Bonchev–Trinajstić information content (AvgIpc) is 3.51. The van der Waals surface area contributed by atoms with E-state index in [9.17, 15) is 4.39 Å². The van der Waals surface area contributed by atoms with Gasteiger partial charge >= 0.3 is 68.9 Å². The van der Waals surface area contributed by atoms with Crippen LogP contribution in [0.1, 0.15) is 76.6 Å². The van der Waals surface area contributed by atoms with Crippen LogP contribution in [0, 0.1) is 18.7 Å². The van der Waals surface area contributed by atoms with E-state index >= 15 is 0 Å². The Morgan fingerprint density at radius 1 is 1.04 bits per heavy atom. The van der Waals surface area contributed by atoms with Crippen molar-refractivity contribution in [2.75, 3.05) is 0 Å².